The fraction of sp³-hybridized carbons (Fsp3) is 0.615. The Labute approximate surface area is 102 Å². The van der Waals surface area contributed by atoms with E-state index in [1.165, 1.54) is 0 Å². The smallest absolute Gasteiger partial charge is 0.227 e. The summed E-state index contributed by atoms with van der Waals surface area (Å²) in [6, 6.07) is 4.02. The molecule has 1 aliphatic carbocycles. The van der Waals surface area contributed by atoms with Gasteiger partial charge in [0.1, 0.15) is 0 Å². The molecule has 0 atom stereocenters. The van der Waals surface area contributed by atoms with Gasteiger partial charge in [-0.15, -0.1) is 0 Å². The van der Waals surface area contributed by atoms with E-state index in [0.29, 0.717) is 13.1 Å². The molecule has 1 amide bonds. The van der Waals surface area contributed by atoms with Crippen LogP contribution in [0.3, 0.4) is 0 Å². The zero-order valence-corrected chi connectivity index (χ0v) is 10.5. The summed E-state index contributed by atoms with van der Waals surface area (Å²) in [4.78, 5) is 15.2. The monoisotopic (exact) mass is 235 g/mol. The van der Waals surface area contributed by atoms with E-state index in [1.807, 2.05) is 18.3 Å². The minimum Gasteiger partial charge on any atom is -0.364 e. The third-order valence-electron chi connectivity index (χ3n) is 3.74. The summed E-state index contributed by atoms with van der Waals surface area (Å²) in [5.74, 6) is 0.111. The number of rotatable bonds is 5. The molecule has 0 bridgehead atoms. The van der Waals surface area contributed by atoms with Crippen LogP contribution in [-0.4, -0.2) is 24.0 Å². The fourth-order valence-corrected chi connectivity index (χ4v) is 2.01. The fourth-order valence-electron chi connectivity index (χ4n) is 2.01. The summed E-state index contributed by atoms with van der Waals surface area (Å²) in [6.45, 7) is 5.32. The summed E-state index contributed by atoms with van der Waals surface area (Å²) >= 11 is 0. The molecule has 4 nitrogen and oxygen atoms in total. The van der Waals surface area contributed by atoms with Gasteiger partial charge in [-0.25, -0.2) is 0 Å². The number of aromatic nitrogens is 1. The standard InChI is InChI=1S/C13H21N3O/c1-12(2,10-4-3-7-15-10)9-16-11(17)13(8-14)5-6-13/h3-4,7,15H,5-6,8-9,14H2,1-2H3,(H,16,17). The number of carbonyl (C=O) groups excluding carboxylic acids is 1. The molecule has 1 fully saturated rings. The SMILES string of the molecule is CC(C)(CNC(=O)C1(CN)CC1)c1ccc[nH]1. The summed E-state index contributed by atoms with van der Waals surface area (Å²) in [5.41, 5.74) is 6.43. The average molecular weight is 235 g/mol. The first kappa shape index (κ1) is 12.2. The van der Waals surface area contributed by atoms with E-state index in [9.17, 15) is 4.79 Å². The predicted molar refractivity (Wildman–Crippen MR) is 67.5 cm³/mol. The lowest BCUT2D eigenvalue weighted by molar-refractivity contribution is -0.126. The molecule has 0 aliphatic heterocycles. The van der Waals surface area contributed by atoms with Crippen molar-refractivity contribution in [2.75, 3.05) is 13.1 Å². The van der Waals surface area contributed by atoms with Crippen molar-refractivity contribution in [2.45, 2.75) is 32.1 Å². The number of hydrogen-bond donors (Lipinski definition) is 3. The van der Waals surface area contributed by atoms with Gasteiger partial charge in [0, 0.05) is 30.4 Å². The van der Waals surface area contributed by atoms with Crippen molar-refractivity contribution in [3.05, 3.63) is 24.0 Å². The van der Waals surface area contributed by atoms with Crippen LogP contribution < -0.4 is 11.1 Å². The van der Waals surface area contributed by atoms with Crippen molar-refractivity contribution in [3.63, 3.8) is 0 Å². The molecule has 1 saturated carbocycles. The molecule has 0 saturated heterocycles. The Hall–Kier alpha value is -1.29. The molecule has 1 aromatic heterocycles. The largest absolute Gasteiger partial charge is 0.364 e. The number of carbonyl (C=O) groups is 1. The van der Waals surface area contributed by atoms with E-state index in [-0.39, 0.29) is 16.7 Å². The minimum atomic E-state index is -0.258. The van der Waals surface area contributed by atoms with Gasteiger partial charge in [0.15, 0.2) is 0 Å². The highest BCUT2D eigenvalue weighted by molar-refractivity contribution is 5.85. The number of aromatic amines is 1. The lowest BCUT2D eigenvalue weighted by Gasteiger charge is -2.25. The van der Waals surface area contributed by atoms with Crippen molar-refractivity contribution in [2.24, 2.45) is 11.1 Å². The zero-order valence-electron chi connectivity index (χ0n) is 10.5. The van der Waals surface area contributed by atoms with Crippen LogP contribution in [0.2, 0.25) is 0 Å². The summed E-state index contributed by atoms with van der Waals surface area (Å²) in [7, 11) is 0. The van der Waals surface area contributed by atoms with Crippen LogP contribution in [0.25, 0.3) is 0 Å². The molecule has 0 aromatic carbocycles. The van der Waals surface area contributed by atoms with E-state index in [2.05, 4.69) is 24.1 Å². The van der Waals surface area contributed by atoms with Gasteiger partial charge in [0.25, 0.3) is 0 Å². The Balaban J connectivity index is 1.92. The first-order chi connectivity index (χ1) is 8.00. The van der Waals surface area contributed by atoms with Gasteiger partial charge in [-0.2, -0.15) is 0 Å². The van der Waals surface area contributed by atoms with Crippen LogP contribution in [0, 0.1) is 5.41 Å². The zero-order chi connectivity index (χ0) is 12.5. The summed E-state index contributed by atoms with van der Waals surface area (Å²) in [6.07, 6.45) is 3.76. The molecule has 0 spiro atoms. The van der Waals surface area contributed by atoms with E-state index < -0.39 is 0 Å². The van der Waals surface area contributed by atoms with Gasteiger partial charge in [-0.05, 0) is 25.0 Å². The van der Waals surface area contributed by atoms with Crippen LogP contribution in [0.4, 0.5) is 0 Å². The van der Waals surface area contributed by atoms with Crippen LogP contribution in [0.15, 0.2) is 18.3 Å². The van der Waals surface area contributed by atoms with E-state index in [0.717, 1.165) is 18.5 Å². The van der Waals surface area contributed by atoms with Crippen LogP contribution in [-0.2, 0) is 10.2 Å². The van der Waals surface area contributed by atoms with Gasteiger partial charge >= 0.3 is 0 Å². The first-order valence-corrected chi connectivity index (χ1v) is 6.12. The third kappa shape index (κ3) is 2.36. The molecule has 0 unspecified atom stereocenters. The highest BCUT2D eigenvalue weighted by Crippen LogP contribution is 2.44. The van der Waals surface area contributed by atoms with Crippen LogP contribution in [0.1, 0.15) is 32.4 Å². The third-order valence-corrected chi connectivity index (χ3v) is 3.74. The van der Waals surface area contributed by atoms with E-state index >= 15 is 0 Å². The second-order valence-electron chi connectivity index (χ2n) is 5.63. The number of nitrogens with two attached hydrogens (primary N) is 1. The molecule has 1 aromatic rings. The molecule has 1 aliphatic rings. The quantitative estimate of drug-likeness (QED) is 0.716. The number of nitrogens with one attached hydrogen (secondary N) is 2. The van der Waals surface area contributed by atoms with Crippen molar-refractivity contribution < 1.29 is 4.79 Å². The number of hydrogen-bond acceptors (Lipinski definition) is 2. The molecule has 94 valence electrons. The molecule has 4 heteroatoms. The molecule has 1 heterocycles. The molecular weight excluding hydrogens is 214 g/mol. The van der Waals surface area contributed by atoms with Gasteiger partial charge in [-0.1, -0.05) is 13.8 Å². The van der Waals surface area contributed by atoms with Gasteiger partial charge in [-0.3, -0.25) is 4.79 Å². The molecule has 2 rings (SSSR count). The Kier molecular flexibility index (Phi) is 3.00. The Morgan fingerprint density at radius 3 is 2.76 bits per heavy atom. The van der Waals surface area contributed by atoms with Crippen LogP contribution >= 0.6 is 0 Å². The highest BCUT2D eigenvalue weighted by Gasteiger charge is 2.48. The van der Waals surface area contributed by atoms with Crippen molar-refractivity contribution >= 4 is 5.91 Å². The Morgan fingerprint density at radius 2 is 2.29 bits per heavy atom. The van der Waals surface area contributed by atoms with E-state index in [4.69, 9.17) is 5.73 Å². The maximum atomic E-state index is 12.0. The lowest BCUT2D eigenvalue weighted by Crippen LogP contribution is -2.42. The summed E-state index contributed by atoms with van der Waals surface area (Å²) < 4.78 is 0. The van der Waals surface area contributed by atoms with Gasteiger partial charge in [0.05, 0.1) is 5.41 Å². The number of H-pyrrole nitrogens is 1. The second kappa shape index (κ2) is 4.18. The summed E-state index contributed by atoms with van der Waals surface area (Å²) in [5, 5.41) is 3.03. The Bertz CT molecular complexity index is 391. The molecule has 0 radical (unpaired) electrons. The number of amides is 1. The Morgan fingerprint density at radius 1 is 1.59 bits per heavy atom. The minimum absolute atomic E-state index is 0.0795. The molecular formula is C13H21N3O. The first-order valence-electron chi connectivity index (χ1n) is 6.12. The van der Waals surface area contributed by atoms with Crippen molar-refractivity contribution in [1.82, 2.24) is 10.3 Å². The second-order valence-corrected chi connectivity index (χ2v) is 5.63. The average Bonchev–Trinajstić information content (AvgIpc) is 2.90. The molecule has 17 heavy (non-hydrogen) atoms. The van der Waals surface area contributed by atoms with Gasteiger partial charge < -0.3 is 16.0 Å². The topological polar surface area (TPSA) is 70.9 Å². The van der Waals surface area contributed by atoms with Crippen molar-refractivity contribution in [3.8, 4) is 0 Å². The normalized spacial score (nSPS) is 17.8. The maximum absolute atomic E-state index is 12.0. The van der Waals surface area contributed by atoms with E-state index in [1.54, 1.807) is 0 Å². The predicted octanol–water partition coefficient (Wildman–Crippen LogP) is 1.15. The maximum Gasteiger partial charge on any atom is 0.227 e. The highest BCUT2D eigenvalue weighted by atomic mass is 16.2. The van der Waals surface area contributed by atoms with Crippen molar-refractivity contribution in [1.29, 1.82) is 0 Å². The lowest BCUT2D eigenvalue weighted by atomic mass is 9.89. The van der Waals surface area contributed by atoms with Gasteiger partial charge in [0.2, 0.25) is 5.91 Å². The molecule has 4 N–H and O–H groups in total. The van der Waals surface area contributed by atoms with Crippen LogP contribution in [0.5, 0.6) is 0 Å².